The quantitative estimate of drug-likeness (QED) is 0.284. The SMILES string of the molecule is CCc1noc(CC)c1CNC(=NC)NCc1ccc(CN(CC)CC)cc1.I. The van der Waals surface area contributed by atoms with Gasteiger partial charge in [-0.05, 0) is 30.6 Å². The maximum atomic E-state index is 5.43. The summed E-state index contributed by atoms with van der Waals surface area (Å²) < 4.78 is 5.43. The Balaban J connectivity index is 0.00000420. The molecule has 2 N–H and O–H groups in total. The summed E-state index contributed by atoms with van der Waals surface area (Å²) in [6, 6.07) is 8.79. The van der Waals surface area contributed by atoms with E-state index < -0.39 is 0 Å². The summed E-state index contributed by atoms with van der Waals surface area (Å²) >= 11 is 0. The van der Waals surface area contributed by atoms with Gasteiger partial charge in [0.05, 0.1) is 5.69 Å². The molecule has 29 heavy (non-hydrogen) atoms. The predicted octanol–water partition coefficient (Wildman–Crippen LogP) is 4.12. The maximum absolute atomic E-state index is 5.43. The van der Waals surface area contributed by atoms with Crippen LogP contribution in [-0.4, -0.2) is 36.2 Å². The van der Waals surface area contributed by atoms with Gasteiger partial charge < -0.3 is 15.2 Å². The predicted molar refractivity (Wildman–Crippen MR) is 131 cm³/mol. The van der Waals surface area contributed by atoms with E-state index in [1.165, 1.54) is 11.1 Å². The van der Waals surface area contributed by atoms with E-state index in [4.69, 9.17) is 4.52 Å². The molecule has 0 bridgehead atoms. The van der Waals surface area contributed by atoms with Crippen molar-refractivity contribution in [2.45, 2.75) is 60.2 Å². The molecule has 0 aliphatic rings. The number of halogens is 1. The number of aliphatic imine (C=N–C) groups is 1. The van der Waals surface area contributed by atoms with Crippen LogP contribution in [0.15, 0.2) is 33.8 Å². The number of aryl methyl sites for hydroxylation is 2. The van der Waals surface area contributed by atoms with Gasteiger partial charge in [0.1, 0.15) is 5.76 Å². The molecule has 1 aromatic carbocycles. The Morgan fingerprint density at radius 2 is 1.59 bits per heavy atom. The van der Waals surface area contributed by atoms with Crippen LogP contribution < -0.4 is 10.6 Å². The molecule has 0 unspecified atom stereocenters. The van der Waals surface area contributed by atoms with Crippen molar-refractivity contribution in [3.63, 3.8) is 0 Å². The highest BCUT2D eigenvalue weighted by atomic mass is 127. The Kier molecular flexibility index (Phi) is 11.9. The highest BCUT2D eigenvalue weighted by Gasteiger charge is 2.13. The number of nitrogens with zero attached hydrogens (tertiary/aromatic N) is 3. The molecule has 0 amide bonds. The van der Waals surface area contributed by atoms with Gasteiger partial charge in [-0.2, -0.15) is 0 Å². The van der Waals surface area contributed by atoms with E-state index in [0.717, 1.165) is 62.0 Å². The molecule has 0 saturated heterocycles. The molecule has 2 rings (SSSR count). The maximum Gasteiger partial charge on any atom is 0.191 e. The monoisotopic (exact) mass is 513 g/mol. The first-order chi connectivity index (χ1) is 13.6. The molecule has 0 spiro atoms. The number of guanidine groups is 1. The van der Waals surface area contributed by atoms with E-state index in [2.05, 4.69) is 77.6 Å². The van der Waals surface area contributed by atoms with Gasteiger partial charge in [0.25, 0.3) is 0 Å². The van der Waals surface area contributed by atoms with Crippen LogP contribution in [0.3, 0.4) is 0 Å². The fourth-order valence-electron chi connectivity index (χ4n) is 3.18. The second kappa shape index (κ2) is 13.6. The van der Waals surface area contributed by atoms with Crippen LogP contribution in [0.1, 0.15) is 55.8 Å². The van der Waals surface area contributed by atoms with Gasteiger partial charge in [-0.25, -0.2) is 0 Å². The second-order valence-corrected chi connectivity index (χ2v) is 6.80. The summed E-state index contributed by atoms with van der Waals surface area (Å²) in [6.45, 7) is 13.1. The number of benzene rings is 1. The average Bonchev–Trinajstić information content (AvgIpc) is 3.15. The molecule has 0 saturated carbocycles. The molecule has 0 aliphatic heterocycles. The lowest BCUT2D eigenvalue weighted by Crippen LogP contribution is -2.36. The van der Waals surface area contributed by atoms with Gasteiger partial charge in [0.15, 0.2) is 5.96 Å². The molecular weight excluding hydrogens is 477 g/mol. The van der Waals surface area contributed by atoms with Crippen LogP contribution in [0.4, 0.5) is 0 Å². The van der Waals surface area contributed by atoms with E-state index >= 15 is 0 Å². The Morgan fingerprint density at radius 3 is 2.14 bits per heavy atom. The number of aromatic nitrogens is 1. The number of hydrogen-bond acceptors (Lipinski definition) is 4. The van der Waals surface area contributed by atoms with Gasteiger partial charge in [-0.3, -0.25) is 9.89 Å². The Morgan fingerprint density at radius 1 is 0.966 bits per heavy atom. The zero-order valence-corrected chi connectivity index (χ0v) is 20.7. The first-order valence-corrected chi connectivity index (χ1v) is 10.4. The molecular formula is C22H36IN5O. The molecule has 0 radical (unpaired) electrons. The largest absolute Gasteiger partial charge is 0.361 e. The molecule has 162 valence electrons. The molecule has 1 aromatic heterocycles. The summed E-state index contributed by atoms with van der Waals surface area (Å²) in [5.41, 5.74) is 4.75. The van der Waals surface area contributed by atoms with Gasteiger partial charge in [-0.1, -0.05) is 57.1 Å². The lowest BCUT2D eigenvalue weighted by Gasteiger charge is -2.18. The third-order valence-electron chi connectivity index (χ3n) is 5.05. The third kappa shape index (κ3) is 7.62. The zero-order chi connectivity index (χ0) is 20.4. The molecule has 6 nitrogen and oxygen atoms in total. The molecule has 2 aromatic rings. The fraction of sp³-hybridized carbons (Fsp3) is 0.545. The van der Waals surface area contributed by atoms with Gasteiger partial charge >= 0.3 is 0 Å². The third-order valence-corrected chi connectivity index (χ3v) is 5.05. The number of rotatable bonds is 10. The standard InChI is InChI=1S/C22H35N5O.HI/c1-6-20-19(21(7-2)28-26-20)15-25-22(23-5)24-14-17-10-12-18(13-11-17)16-27(8-3)9-4;/h10-13H,6-9,14-16H2,1-5H3,(H2,23,24,25);1H. The van der Waals surface area contributed by atoms with Crippen molar-refractivity contribution in [2.24, 2.45) is 4.99 Å². The average molecular weight is 513 g/mol. The van der Waals surface area contributed by atoms with Gasteiger partial charge in [0, 0.05) is 38.7 Å². The van der Waals surface area contributed by atoms with Crippen molar-refractivity contribution in [1.82, 2.24) is 20.7 Å². The summed E-state index contributed by atoms with van der Waals surface area (Å²) in [4.78, 5) is 6.74. The van der Waals surface area contributed by atoms with E-state index in [1.807, 2.05) is 0 Å². The molecule has 0 fully saturated rings. The molecule has 1 heterocycles. The Labute approximate surface area is 192 Å². The first-order valence-electron chi connectivity index (χ1n) is 10.4. The zero-order valence-electron chi connectivity index (χ0n) is 18.4. The minimum Gasteiger partial charge on any atom is -0.361 e. The Bertz CT molecular complexity index is 717. The minimum atomic E-state index is 0. The van der Waals surface area contributed by atoms with E-state index in [0.29, 0.717) is 6.54 Å². The van der Waals surface area contributed by atoms with E-state index in [-0.39, 0.29) is 24.0 Å². The van der Waals surface area contributed by atoms with E-state index in [9.17, 15) is 0 Å². The molecule has 0 atom stereocenters. The van der Waals surface area contributed by atoms with Gasteiger partial charge in [0.2, 0.25) is 0 Å². The summed E-state index contributed by atoms with van der Waals surface area (Å²) in [6.07, 6.45) is 1.71. The van der Waals surface area contributed by atoms with Crippen LogP contribution in [0.2, 0.25) is 0 Å². The Hall–Kier alpha value is -1.61. The summed E-state index contributed by atoms with van der Waals surface area (Å²) in [5.74, 6) is 1.72. The second-order valence-electron chi connectivity index (χ2n) is 6.80. The van der Waals surface area contributed by atoms with Crippen LogP contribution in [-0.2, 0) is 32.5 Å². The fourth-order valence-corrected chi connectivity index (χ4v) is 3.18. The minimum absolute atomic E-state index is 0. The highest BCUT2D eigenvalue weighted by Crippen LogP contribution is 2.15. The lowest BCUT2D eigenvalue weighted by molar-refractivity contribution is 0.296. The smallest absolute Gasteiger partial charge is 0.191 e. The molecule has 0 aliphatic carbocycles. The van der Waals surface area contributed by atoms with Crippen LogP contribution >= 0.6 is 24.0 Å². The van der Waals surface area contributed by atoms with Crippen molar-refractivity contribution in [2.75, 3.05) is 20.1 Å². The number of hydrogen-bond donors (Lipinski definition) is 2. The van der Waals surface area contributed by atoms with Crippen molar-refractivity contribution >= 4 is 29.9 Å². The van der Waals surface area contributed by atoms with Crippen molar-refractivity contribution in [1.29, 1.82) is 0 Å². The summed E-state index contributed by atoms with van der Waals surface area (Å²) in [5, 5.41) is 10.9. The van der Waals surface area contributed by atoms with E-state index in [1.54, 1.807) is 7.05 Å². The number of nitrogens with one attached hydrogen (secondary N) is 2. The summed E-state index contributed by atoms with van der Waals surface area (Å²) in [7, 11) is 1.79. The van der Waals surface area contributed by atoms with Crippen LogP contribution in [0.5, 0.6) is 0 Å². The molecule has 7 heteroatoms. The van der Waals surface area contributed by atoms with Crippen molar-refractivity contribution in [3.8, 4) is 0 Å². The topological polar surface area (TPSA) is 65.7 Å². The van der Waals surface area contributed by atoms with Crippen LogP contribution in [0.25, 0.3) is 0 Å². The normalized spacial score (nSPS) is 11.4. The first kappa shape index (κ1) is 25.4. The van der Waals surface area contributed by atoms with Crippen LogP contribution in [0, 0.1) is 0 Å². The van der Waals surface area contributed by atoms with Crippen molar-refractivity contribution in [3.05, 3.63) is 52.4 Å². The highest BCUT2D eigenvalue weighted by molar-refractivity contribution is 14.0. The van der Waals surface area contributed by atoms with Gasteiger partial charge in [-0.15, -0.1) is 24.0 Å². The van der Waals surface area contributed by atoms with Crippen molar-refractivity contribution < 1.29 is 4.52 Å². The lowest BCUT2D eigenvalue weighted by atomic mass is 10.1.